The minimum absolute atomic E-state index is 0.00430. The van der Waals surface area contributed by atoms with Crippen molar-refractivity contribution in [3.05, 3.63) is 78.9 Å². The van der Waals surface area contributed by atoms with Gasteiger partial charge in [0.05, 0.1) is 32.5 Å². The molecule has 0 aromatic heterocycles. The van der Waals surface area contributed by atoms with Crippen molar-refractivity contribution in [2.75, 3.05) is 25.7 Å². The van der Waals surface area contributed by atoms with Gasteiger partial charge in [0.1, 0.15) is 25.0 Å². The fourth-order valence-corrected chi connectivity index (χ4v) is 13.0. The van der Waals surface area contributed by atoms with Crippen LogP contribution in [0.25, 0.3) is 0 Å². The van der Waals surface area contributed by atoms with Crippen LogP contribution >= 0.6 is 0 Å². The summed E-state index contributed by atoms with van der Waals surface area (Å²) >= 11 is 0. The van der Waals surface area contributed by atoms with E-state index in [-0.39, 0.29) is 18.0 Å². The molecule has 1 spiro atoms. The molecule has 224 valence electrons. The number of methoxy groups -OCH3 is 2. The summed E-state index contributed by atoms with van der Waals surface area (Å²) in [4.78, 5) is 19.3. The van der Waals surface area contributed by atoms with Gasteiger partial charge in [0.2, 0.25) is 5.91 Å². The Labute approximate surface area is 254 Å². The van der Waals surface area contributed by atoms with E-state index >= 15 is 0 Å². The van der Waals surface area contributed by atoms with Crippen LogP contribution in [0.3, 0.4) is 0 Å². The maximum atomic E-state index is 15.0. The predicted molar refractivity (Wildman–Crippen MR) is 177 cm³/mol. The van der Waals surface area contributed by atoms with Gasteiger partial charge < -0.3 is 14.4 Å². The highest BCUT2D eigenvalue weighted by molar-refractivity contribution is 6.90. The molecular formula is C36H48N2O3Si. The van der Waals surface area contributed by atoms with Crippen molar-refractivity contribution in [2.24, 2.45) is 0 Å². The lowest BCUT2D eigenvalue weighted by Crippen LogP contribution is -2.50. The van der Waals surface area contributed by atoms with E-state index in [1.54, 1.807) is 14.2 Å². The quantitative estimate of drug-likeness (QED) is 0.165. The van der Waals surface area contributed by atoms with Gasteiger partial charge in [0.15, 0.2) is 0 Å². The van der Waals surface area contributed by atoms with Crippen LogP contribution in [0.5, 0.6) is 11.5 Å². The zero-order valence-electron chi connectivity index (χ0n) is 26.7. The highest BCUT2D eigenvalue weighted by Gasteiger charge is 2.62. The van der Waals surface area contributed by atoms with E-state index in [9.17, 15) is 4.79 Å². The number of anilines is 1. The molecule has 0 radical (unpaired) electrons. The van der Waals surface area contributed by atoms with E-state index < -0.39 is 13.5 Å². The summed E-state index contributed by atoms with van der Waals surface area (Å²) in [5, 5.41) is 0. The van der Waals surface area contributed by atoms with Crippen molar-refractivity contribution >= 4 is 19.7 Å². The maximum Gasteiger partial charge on any atom is 0.240 e. The molecule has 2 aromatic carbocycles. The van der Waals surface area contributed by atoms with Crippen LogP contribution < -0.4 is 14.4 Å². The molecule has 0 saturated carbocycles. The fraction of sp³-hybridized carbons (Fsp3) is 0.472. The van der Waals surface area contributed by atoms with E-state index in [2.05, 4.69) is 77.1 Å². The highest BCUT2D eigenvalue weighted by atomic mass is 28.3. The summed E-state index contributed by atoms with van der Waals surface area (Å²) in [6.07, 6.45) is 4.53. The third kappa shape index (κ3) is 5.12. The number of likely N-dealkylation sites (tertiary alicyclic amines) is 1. The summed E-state index contributed by atoms with van der Waals surface area (Å²) < 4.78 is 11.0. The summed E-state index contributed by atoms with van der Waals surface area (Å²) in [5.74, 6) is 5.45. The van der Waals surface area contributed by atoms with Crippen LogP contribution in [-0.4, -0.2) is 51.7 Å². The zero-order chi connectivity index (χ0) is 30.8. The summed E-state index contributed by atoms with van der Waals surface area (Å²) in [6, 6.07) is 13.7. The fourth-order valence-electron chi connectivity index (χ4n) is 7.71. The summed E-state index contributed by atoms with van der Waals surface area (Å²) in [5.41, 5.74) is 7.58. The van der Waals surface area contributed by atoms with Gasteiger partial charge in [0, 0.05) is 18.7 Å². The van der Waals surface area contributed by atoms with E-state index in [1.807, 2.05) is 53.5 Å². The third-order valence-corrected chi connectivity index (χ3v) is 16.1. The molecule has 6 heteroatoms. The molecule has 42 heavy (non-hydrogen) atoms. The molecule has 2 aromatic rings. The Morgan fingerprint density at radius 1 is 0.976 bits per heavy atom. The first-order valence-electron chi connectivity index (χ1n) is 15.2. The van der Waals surface area contributed by atoms with E-state index in [0.29, 0.717) is 36.1 Å². The molecule has 3 atom stereocenters. The van der Waals surface area contributed by atoms with E-state index in [4.69, 9.17) is 9.47 Å². The topological polar surface area (TPSA) is 42.0 Å². The van der Waals surface area contributed by atoms with Crippen LogP contribution in [0.4, 0.5) is 5.69 Å². The second kappa shape index (κ2) is 12.5. The Kier molecular flexibility index (Phi) is 9.45. The zero-order valence-corrected chi connectivity index (χ0v) is 27.7. The van der Waals surface area contributed by atoms with Crippen LogP contribution in [0.1, 0.15) is 59.1 Å². The number of benzene rings is 2. The number of fused-ring (bicyclic) bond motifs is 2. The first-order valence-corrected chi connectivity index (χ1v) is 17.4. The minimum atomic E-state index is -2.06. The largest absolute Gasteiger partial charge is 0.497 e. The second-order valence-electron chi connectivity index (χ2n) is 12.7. The van der Waals surface area contributed by atoms with E-state index in [1.165, 1.54) is 0 Å². The van der Waals surface area contributed by atoms with Crippen molar-refractivity contribution in [2.45, 2.75) is 88.6 Å². The Hall–Kier alpha value is -3.27. The Morgan fingerprint density at radius 2 is 1.57 bits per heavy atom. The lowest BCUT2D eigenvalue weighted by molar-refractivity contribution is -0.123. The molecule has 0 aliphatic carbocycles. The summed E-state index contributed by atoms with van der Waals surface area (Å²) in [7, 11) is 1.27. The van der Waals surface area contributed by atoms with Crippen LogP contribution in [0.15, 0.2) is 67.8 Å². The Balaban J connectivity index is 1.94. The van der Waals surface area contributed by atoms with E-state index in [0.717, 1.165) is 28.3 Å². The number of ether oxygens (including phenoxy) is 2. The molecule has 0 bridgehead atoms. The molecule has 1 fully saturated rings. The Morgan fingerprint density at radius 3 is 2.10 bits per heavy atom. The standard InChI is InChI=1S/C36H48N2O3Si/c1-11-20-37-29(12-2)23-36(34(37)19-21-42(25(3)4,26(5)6)27(7)8)32-18-17-31(41-10)22-33(32)38(35(36)39)24-28-13-15-30(40-9)16-14-28/h11-18,22,25-27,29,34H,1-2,20,23-24H2,3-10H3/t29-,34+,36+/m1/s1. The number of hydrogen-bond donors (Lipinski definition) is 0. The lowest BCUT2D eigenvalue weighted by Gasteiger charge is -2.39. The average Bonchev–Trinajstić information content (AvgIpc) is 3.40. The number of rotatable bonds is 10. The smallest absolute Gasteiger partial charge is 0.240 e. The molecular weight excluding hydrogens is 536 g/mol. The monoisotopic (exact) mass is 584 g/mol. The number of hydrogen-bond acceptors (Lipinski definition) is 4. The molecule has 0 N–H and O–H groups in total. The first-order chi connectivity index (χ1) is 20.0. The van der Waals surface area contributed by atoms with Crippen molar-refractivity contribution in [1.82, 2.24) is 4.90 Å². The molecule has 2 aliphatic heterocycles. The van der Waals surface area contributed by atoms with Crippen molar-refractivity contribution < 1.29 is 14.3 Å². The van der Waals surface area contributed by atoms with Crippen molar-refractivity contribution in [3.63, 3.8) is 0 Å². The number of carbonyl (C=O) groups excluding carboxylic acids is 1. The van der Waals surface area contributed by atoms with Gasteiger partial charge >= 0.3 is 0 Å². The first kappa shape index (κ1) is 31.7. The van der Waals surface area contributed by atoms with Crippen LogP contribution in [0, 0.1) is 11.5 Å². The maximum absolute atomic E-state index is 15.0. The van der Waals surface area contributed by atoms with Crippen LogP contribution in [0.2, 0.25) is 16.6 Å². The van der Waals surface area contributed by atoms with Gasteiger partial charge in [0.25, 0.3) is 0 Å². The molecule has 2 heterocycles. The van der Waals surface area contributed by atoms with Crippen LogP contribution in [-0.2, 0) is 16.8 Å². The lowest BCUT2D eigenvalue weighted by atomic mass is 9.74. The number of carbonyl (C=O) groups is 1. The third-order valence-electron chi connectivity index (χ3n) is 9.76. The van der Waals surface area contributed by atoms with Gasteiger partial charge in [-0.1, -0.05) is 77.8 Å². The van der Waals surface area contributed by atoms with Gasteiger partial charge in [-0.05, 0) is 52.4 Å². The molecule has 1 saturated heterocycles. The SMILES string of the molecule is C=CCN1[C@H](C=C)C[C@@]2(C(=O)N(Cc3ccc(OC)cc3)c3cc(OC)ccc32)[C@@H]1C#C[Si](C(C)C)(C(C)C)C(C)C. The normalized spacial score (nSPS) is 22.1. The van der Waals surface area contributed by atoms with Crippen molar-refractivity contribution in [3.8, 4) is 23.0 Å². The predicted octanol–water partition coefficient (Wildman–Crippen LogP) is 7.52. The summed E-state index contributed by atoms with van der Waals surface area (Å²) in [6.45, 7) is 23.3. The molecule has 5 nitrogen and oxygen atoms in total. The number of amides is 1. The molecule has 1 amide bonds. The minimum Gasteiger partial charge on any atom is -0.497 e. The Bertz CT molecular complexity index is 1350. The molecule has 2 aliphatic rings. The number of nitrogens with zero attached hydrogens (tertiary/aromatic N) is 2. The van der Waals surface area contributed by atoms with Gasteiger partial charge in [-0.3, -0.25) is 9.69 Å². The van der Waals surface area contributed by atoms with Gasteiger partial charge in [-0.15, -0.1) is 18.7 Å². The molecule has 0 unspecified atom stereocenters. The molecule has 4 rings (SSSR count). The van der Waals surface area contributed by atoms with Gasteiger partial charge in [-0.2, -0.15) is 0 Å². The average molecular weight is 585 g/mol. The second-order valence-corrected chi connectivity index (χ2v) is 18.2. The van der Waals surface area contributed by atoms with Gasteiger partial charge in [-0.25, -0.2) is 0 Å². The van der Waals surface area contributed by atoms with Crippen molar-refractivity contribution in [1.29, 1.82) is 0 Å². The highest BCUT2D eigenvalue weighted by Crippen LogP contribution is 2.54.